The Hall–Kier alpha value is -1.27. The number of nitrogens with zero attached hydrogens (tertiary/aromatic N) is 4. The predicted molar refractivity (Wildman–Crippen MR) is 62.2 cm³/mol. The molecular formula is C9H5BrN4S. The molecule has 0 amide bonds. The monoisotopic (exact) mass is 280 g/mol. The Kier molecular flexibility index (Phi) is 2.03. The Morgan fingerprint density at radius 2 is 2.20 bits per heavy atom. The standard InChI is InChI=1S/C9H5BrN4S/c10-7-3-4-8(15-7)14-9-6(12-13-14)2-1-5-11-9/h1-5H. The van der Waals surface area contributed by atoms with E-state index in [4.69, 9.17) is 0 Å². The molecule has 3 rings (SSSR count). The molecule has 0 aromatic carbocycles. The van der Waals surface area contributed by atoms with E-state index in [1.807, 2.05) is 24.3 Å². The maximum Gasteiger partial charge on any atom is 0.184 e. The second kappa shape index (κ2) is 3.39. The molecule has 0 aliphatic heterocycles. The van der Waals surface area contributed by atoms with Crippen LogP contribution in [0.4, 0.5) is 0 Å². The van der Waals surface area contributed by atoms with E-state index in [9.17, 15) is 0 Å². The highest BCUT2D eigenvalue weighted by Crippen LogP contribution is 2.26. The van der Waals surface area contributed by atoms with Gasteiger partial charge in [0, 0.05) is 6.20 Å². The normalized spacial score (nSPS) is 11.0. The first-order valence-electron chi connectivity index (χ1n) is 4.27. The molecule has 0 saturated heterocycles. The van der Waals surface area contributed by atoms with Gasteiger partial charge in [0.05, 0.1) is 3.79 Å². The topological polar surface area (TPSA) is 43.6 Å². The summed E-state index contributed by atoms with van der Waals surface area (Å²) in [7, 11) is 0. The van der Waals surface area contributed by atoms with Gasteiger partial charge in [-0.05, 0) is 40.2 Å². The molecule has 0 bridgehead atoms. The Labute approximate surface area is 97.7 Å². The minimum atomic E-state index is 0.784. The summed E-state index contributed by atoms with van der Waals surface area (Å²) in [6.45, 7) is 0. The fourth-order valence-electron chi connectivity index (χ4n) is 1.33. The lowest BCUT2D eigenvalue weighted by molar-refractivity contribution is 0.829. The van der Waals surface area contributed by atoms with E-state index in [1.165, 1.54) is 0 Å². The van der Waals surface area contributed by atoms with E-state index in [1.54, 1.807) is 22.2 Å². The van der Waals surface area contributed by atoms with Crippen LogP contribution >= 0.6 is 27.3 Å². The molecule has 3 aromatic heterocycles. The fourth-order valence-corrected chi connectivity index (χ4v) is 2.64. The van der Waals surface area contributed by atoms with Gasteiger partial charge < -0.3 is 0 Å². The zero-order chi connectivity index (χ0) is 10.3. The lowest BCUT2D eigenvalue weighted by Gasteiger charge is -1.94. The molecule has 0 aliphatic carbocycles. The molecule has 0 aliphatic rings. The number of halogens is 1. The van der Waals surface area contributed by atoms with E-state index in [-0.39, 0.29) is 0 Å². The number of thiophene rings is 1. The third-order valence-corrected chi connectivity index (χ3v) is 3.58. The summed E-state index contributed by atoms with van der Waals surface area (Å²) >= 11 is 5.02. The van der Waals surface area contributed by atoms with Crippen molar-refractivity contribution in [2.24, 2.45) is 0 Å². The molecule has 15 heavy (non-hydrogen) atoms. The molecule has 4 nitrogen and oxygen atoms in total. The molecule has 3 heterocycles. The average molecular weight is 281 g/mol. The van der Waals surface area contributed by atoms with Crippen LogP contribution in [0.1, 0.15) is 0 Å². The van der Waals surface area contributed by atoms with Crippen molar-refractivity contribution in [3.8, 4) is 5.00 Å². The van der Waals surface area contributed by atoms with Crippen molar-refractivity contribution < 1.29 is 0 Å². The van der Waals surface area contributed by atoms with Gasteiger partial charge in [-0.2, -0.15) is 4.68 Å². The predicted octanol–water partition coefficient (Wildman–Crippen LogP) is 2.64. The number of aromatic nitrogens is 4. The highest BCUT2D eigenvalue weighted by atomic mass is 79.9. The minimum Gasteiger partial charge on any atom is -0.235 e. The minimum absolute atomic E-state index is 0.784. The van der Waals surface area contributed by atoms with E-state index >= 15 is 0 Å². The summed E-state index contributed by atoms with van der Waals surface area (Å²) in [5.41, 5.74) is 1.59. The van der Waals surface area contributed by atoms with E-state index < -0.39 is 0 Å². The van der Waals surface area contributed by atoms with Gasteiger partial charge in [-0.15, -0.1) is 16.4 Å². The molecule has 0 spiro atoms. The average Bonchev–Trinajstić information content (AvgIpc) is 2.83. The summed E-state index contributed by atoms with van der Waals surface area (Å²) in [5, 5.41) is 9.12. The summed E-state index contributed by atoms with van der Waals surface area (Å²) in [4.78, 5) is 4.26. The van der Waals surface area contributed by atoms with E-state index in [0.29, 0.717) is 0 Å². The van der Waals surface area contributed by atoms with Gasteiger partial charge >= 0.3 is 0 Å². The molecule has 6 heteroatoms. The summed E-state index contributed by atoms with van der Waals surface area (Å²) in [6, 6.07) is 7.72. The van der Waals surface area contributed by atoms with Crippen molar-refractivity contribution in [1.29, 1.82) is 0 Å². The summed E-state index contributed by atoms with van der Waals surface area (Å²) in [5.74, 6) is 0. The zero-order valence-electron chi connectivity index (χ0n) is 7.46. The van der Waals surface area contributed by atoms with Crippen LogP contribution in [0.25, 0.3) is 16.2 Å². The van der Waals surface area contributed by atoms with Crippen molar-refractivity contribution in [3.05, 3.63) is 34.2 Å². The third-order valence-electron chi connectivity index (χ3n) is 1.98. The Balaban J connectivity index is 2.27. The van der Waals surface area contributed by atoms with Crippen molar-refractivity contribution in [3.63, 3.8) is 0 Å². The molecule has 0 radical (unpaired) electrons. The van der Waals surface area contributed by atoms with Crippen molar-refractivity contribution in [2.75, 3.05) is 0 Å². The molecule has 3 aromatic rings. The van der Waals surface area contributed by atoms with Crippen LogP contribution in [0.2, 0.25) is 0 Å². The van der Waals surface area contributed by atoms with Crippen LogP contribution in [0.3, 0.4) is 0 Å². The van der Waals surface area contributed by atoms with Gasteiger partial charge in [-0.3, -0.25) is 0 Å². The molecule has 0 fully saturated rings. The third kappa shape index (κ3) is 1.46. The molecule has 0 unspecified atom stereocenters. The number of fused-ring (bicyclic) bond motifs is 1. The highest BCUT2D eigenvalue weighted by molar-refractivity contribution is 9.11. The number of hydrogen-bond donors (Lipinski definition) is 0. The maximum atomic E-state index is 4.26. The van der Waals surface area contributed by atoms with Crippen LogP contribution in [0.5, 0.6) is 0 Å². The van der Waals surface area contributed by atoms with Crippen LogP contribution in [0, 0.1) is 0 Å². The molecule has 0 atom stereocenters. The Bertz CT molecular complexity index is 615. The quantitative estimate of drug-likeness (QED) is 0.688. The molecular weight excluding hydrogens is 276 g/mol. The van der Waals surface area contributed by atoms with Crippen molar-refractivity contribution in [2.45, 2.75) is 0 Å². The fraction of sp³-hybridized carbons (Fsp3) is 0. The molecule has 74 valence electrons. The number of rotatable bonds is 1. The van der Waals surface area contributed by atoms with Gasteiger partial charge in [0.1, 0.15) is 10.5 Å². The SMILES string of the molecule is Brc1ccc(-n2nnc3cccnc32)s1. The maximum absolute atomic E-state index is 4.26. The van der Waals surface area contributed by atoms with Crippen LogP contribution in [-0.2, 0) is 0 Å². The van der Waals surface area contributed by atoms with Gasteiger partial charge in [0.25, 0.3) is 0 Å². The Morgan fingerprint density at radius 1 is 1.27 bits per heavy atom. The van der Waals surface area contributed by atoms with E-state index in [2.05, 4.69) is 31.2 Å². The largest absolute Gasteiger partial charge is 0.235 e. The van der Waals surface area contributed by atoms with Crippen LogP contribution in [-0.4, -0.2) is 20.0 Å². The van der Waals surface area contributed by atoms with Gasteiger partial charge in [-0.1, -0.05) is 5.21 Å². The summed E-state index contributed by atoms with van der Waals surface area (Å²) in [6.07, 6.45) is 1.74. The van der Waals surface area contributed by atoms with Gasteiger partial charge in [0.2, 0.25) is 0 Å². The second-order valence-electron chi connectivity index (χ2n) is 2.93. The van der Waals surface area contributed by atoms with Crippen molar-refractivity contribution >= 4 is 38.4 Å². The summed E-state index contributed by atoms with van der Waals surface area (Å²) < 4.78 is 2.81. The van der Waals surface area contributed by atoms with E-state index in [0.717, 1.165) is 20.0 Å². The highest BCUT2D eigenvalue weighted by Gasteiger charge is 2.08. The van der Waals surface area contributed by atoms with Crippen LogP contribution in [0.15, 0.2) is 34.2 Å². The number of hydrogen-bond acceptors (Lipinski definition) is 4. The van der Waals surface area contributed by atoms with Gasteiger partial charge in [-0.25, -0.2) is 4.98 Å². The van der Waals surface area contributed by atoms with Crippen molar-refractivity contribution in [1.82, 2.24) is 20.0 Å². The first kappa shape index (κ1) is 8.99. The first-order valence-corrected chi connectivity index (χ1v) is 5.88. The lowest BCUT2D eigenvalue weighted by atomic mass is 10.4. The smallest absolute Gasteiger partial charge is 0.184 e. The second-order valence-corrected chi connectivity index (χ2v) is 5.37. The molecule has 0 N–H and O–H groups in total. The first-order chi connectivity index (χ1) is 7.34. The Morgan fingerprint density at radius 3 is 3.00 bits per heavy atom. The molecule has 0 saturated carbocycles. The zero-order valence-corrected chi connectivity index (χ0v) is 9.86. The number of pyridine rings is 1. The van der Waals surface area contributed by atoms with Gasteiger partial charge in [0.15, 0.2) is 5.65 Å². The van der Waals surface area contributed by atoms with Crippen LogP contribution < -0.4 is 0 Å². The lowest BCUT2D eigenvalue weighted by Crippen LogP contribution is -1.94.